The second-order valence-corrected chi connectivity index (χ2v) is 3.10. The molecule has 0 saturated heterocycles. The van der Waals surface area contributed by atoms with Crippen molar-refractivity contribution in [3.05, 3.63) is 27.5 Å². The molecule has 18 heavy (non-hydrogen) atoms. The molecule has 1 aromatic heterocycles. The minimum absolute atomic E-state index is 0.184. The van der Waals surface area contributed by atoms with Crippen molar-refractivity contribution in [2.24, 2.45) is 5.73 Å². The van der Waals surface area contributed by atoms with Crippen molar-refractivity contribution in [1.29, 1.82) is 0 Å². The lowest BCUT2D eigenvalue weighted by Gasteiger charge is -2.11. The van der Waals surface area contributed by atoms with E-state index < -0.39 is 23.8 Å². The van der Waals surface area contributed by atoms with Gasteiger partial charge in [-0.2, -0.15) is 0 Å². The lowest BCUT2D eigenvalue weighted by atomic mass is 10.1. The van der Waals surface area contributed by atoms with Gasteiger partial charge < -0.3 is 15.2 Å². The zero-order valence-electron chi connectivity index (χ0n) is 9.13. The van der Waals surface area contributed by atoms with E-state index in [-0.39, 0.29) is 17.7 Å². The molecule has 1 heterocycles. The Labute approximate surface area is 98.5 Å². The number of H-pyrrole nitrogens is 1. The Kier molecular flexibility index (Phi) is 3.96. The Balaban J connectivity index is 3.31. The summed E-state index contributed by atoms with van der Waals surface area (Å²) in [5.74, 6) is -1.89. The van der Waals surface area contributed by atoms with Crippen LogP contribution in [0, 0.1) is 0 Å². The number of aromatic nitrogens is 1. The number of methoxy groups -OCH3 is 1. The minimum Gasteiger partial charge on any atom is -0.465 e. The van der Waals surface area contributed by atoms with Crippen LogP contribution in [0.4, 0.5) is 13.2 Å². The van der Waals surface area contributed by atoms with E-state index in [9.17, 15) is 22.8 Å². The van der Waals surface area contributed by atoms with Gasteiger partial charge in [-0.15, -0.1) is 13.2 Å². The predicted molar refractivity (Wildman–Crippen MR) is 53.0 cm³/mol. The Morgan fingerprint density at radius 2 is 2.11 bits per heavy atom. The van der Waals surface area contributed by atoms with Crippen molar-refractivity contribution in [3.8, 4) is 5.88 Å². The molecule has 0 radical (unpaired) electrons. The van der Waals surface area contributed by atoms with Gasteiger partial charge in [-0.3, -0.25) is 9.78 Å². The second kappa shape index (κ2) is 5.08. The van der Waals surface area contributed by atoms with Gasteiger partial charge in [0, 0.05) is 18.2 Å². The number of carbonyl (C=O) groups excluding carboxylic acids is 1. The molecule has 0 aliphatic carbocycles. The van der Waals surface area contributed by atoms with E-state index in [0.717, 1.165) is 7.11 Å². The number of halogens is 3. The number of rotatable bonds is 3. The molecule has 0 bridgehead atoms. The number of carbonyl (C=O) groups is 1. The summed E-state index contributed by atoms with van der Waals surface area (Å²) < 4.78 is 43.8. The van der Waals surface area contributed by atoms with E-state index in [4.69, 9.17) is 5.73 Å². The van der Waals surface area contributed by atoms with Gasteiger partial charge in [-0.1, -0.05) is 0 Å². The number of ether oxygens (including phenoxy) is 2. The summed E-state index contributed by atoms with van der Waals surface area (Å²) >= 11 is 0. The first kappa shape index (κ1) is 14.0. The second-order valence-electron chi connectivity index (χ2n) is 3.10. The summed E-state index contributed by atoms with van der Waals surface area (Å²) in [6.45, 7) is -0.327. The van der Waals surface area contributed by atoms with Crippen LogP contribution in [0.3, 0.4) is 0 Å². The van der Waals surface area contributed by atoms with Crippen molar-refractivity contribution >= 4 is 5.97 Å². The molecule has 6 nitrogen and oxygen atoms in total. The number of pyridine rings is 1. The van der Waals surface area contributed by atoms with Crippen molar-refractivity contribution < 1.29 is 27.4 Å². The first-order valence-corrected chi connectivity index (χ1v) is 4.58. The number of alkyl halides is 3. The van der Waals surface area contributed by atoms with E-state index in [2.05, 4.69) is 9.47 Å². The molecular weight excluding hydrogens is 257 g/mol. The number of hydrogen-bond donors (Lipinski definition) is 2. The molecular formula is C9H9F3N2O4. The van der Waals surface area contributed by atoms with Crippen molar-refractivity contribution in [2.45, 2.75) is 12.9 Å². The van der Waals surface area contributed by atoms with Crippen LogP contribution in [0.25, 0.3) is 0 Å². The smallest absolute Gasteiger partial charge is 0.465 e. The summed E-state index contributed by atoms with van der Waals surface area (Å²) in [6.07, 6.45) is -4.99. The Hall–Kier alpha value is -2.03. The monoisotopic (exact) mass is 266 g/mol. The maximum absolute atomic E-state index is 12.0. The number of esters is 1. The molecule has 0 aromatic carbocycles. The summed E-state index contributed by atoms with van der Waals surface area (Å²) in [5, 5.41) is 0. The number of aromatic amines is 1. The van der Waals surface area contributed by atoms with Crippen LogP contribution in [0.1, 0.15) is 15.9 Å². The van der Waals surface area contributed by atoms with Crippen LogP contribution >= 0.6 is 0 Å². The largest absolute Gasteiger partial charge is 0.574 e. The van der Waals surface area contributed by atoms with Crippen LogP contribution in [-0.4, -0.2) is 24.4 Å². The van der Waals surface area contributed by atoms with E-state index in [1.165, 1.54) is 0 Å². The van der Waals surface area contributed by atoms with Gasteiger partial charge in [0.1, 0.15) is 0 Å². The fourth-order valence-electron chi connectivity index (χ4n) is 1.24. The minimum atomic E-state index is -4.99. The lowest BCUT2D eigenvalue weighted by Crippen LogP contribution is -2.25. The topological polar surface area (TPSA) is 94.4 Å². The van der Waals surface area contributed by atoms with Gasteiger partial charge in [0.15, 0.2) is 0 Å². The fraction of sp³-hybridized carbons (Fsp3) is 0.333. The lowest BCUT2D eigenvalue weighted by molar-refractivity contribution is -0.276. The summed E-state index contributed by atoms with van der Waals surface area (Å²) in [5.41, 5.74) is 3.73. The van der Waals surface area contributed by atoms with Crippen LogP contribution < -0.4 is 16.0 Å². The standard InChI is InChI=1S/C9H9F3N2O4/c1-17-8(16)4-2-6(18-9(10,11)12)14-7(15)5(4)3-13/h2H,3,13H2,1H3,(H,14,15). The first-order valence-electron chi connectivity index (χ1n) is 4.58. The molecule has 0 unspecified atom stereocenters. The third-order valence-corrected chi connectivity index (χ3v) is 1.95. The van der Waals surface area contributed by atoms with Crippen molar-refractivity contribution in [1.82, 2.24) is 4.98 Å². The molecule has 0 spiro atoms. The van der Waals surface area contributed by atoms with Crippen LogP contribution in [0.5, 0.6) is 5.88 Å². The fourth-order valence-corrected chi connectivity index (χ4v) is 1.24. The quantitative estimate of drug-likeness (QED) is 0.778. The third kappa shape index (κ3) is 3.23. The Morgan fingerprint density at radius 3 is 2.56 bits per heavy atom. The summed E-state index contributed by atoms with van der Waals surface area (Å²) in [4.78, 5) is 24.5. The molecule has 0 fully saturated rings. The van der Waals surface area contributed by atoms with Gasteiger partial charge in [0.2, 0.25) is 5.88 Å². The predicted octanol–water partition coefficient (Wildman–Crippen LogP) is 0.519. The van der Waals surface area contributed by atoms with E-state index in [1.807, 2.05) is 4.98 Å². The molecule has 9 heteroatoms. The maximum Gasteiger partial charge on any atom is 0.574 e. The van der Waals surface area contributed by atoms with Gasteiger partial charge in [0.05, 0.1) is 12.7 Å². The van der Waals surface area contributed by atoms with Gasteiger partial charge >= 0.3 is 12.3 Å². The van der Waals surface area contributed by atoms with E-state index >= 15 is 0 Å². The first-order chi connectivity index (χ1) is 8.28. The Bertz CT molecular complexity index is 510. The molecule has 3 N–H and O–H groups in total. The molecule has 0 aliphatic heterocycles. The van der Waals surface area contributed by atoms with Crippen molar-refractivity contribution in [2.75, 3.05) is 7.11 Å². The van der Waals surface area contributed by atoms with E-state index in [1.54, 1.807) is 0 Å². The summed E-state index contributed by atoms with van der Waals surface area (Å²) in [6, 6.07) is 0.711. The molecule has 0 aliphatic rings. The molecule has 0 amide bonds. The molecule has 0 atom stereocenters. The molecule has 1 rings (SSSR count). The van der Waals surface area contributed by atoms with Gasteiger partial charge in [-0.05, 0) is 0 Å². The highest BCUT2D eigenvalue weighted by Crippen LogP contribution is 2.21. The number of hydrogen-bond acceptors (Lipinski definition) is 5. The van der Waals surface area contributed by atoms with Gasteiger partial charge in [0.25, 0.3) is 5.56 Å². The molecule has 100 valence electrons. The van der Waals surface area contributed by atoms with Crippen LogP contribution in [0.15, 0.2) is 10.9 Å². The number of nitrogens with one attached hydrogen (secondary N) is 1. The normalized spacial score (nSPS) is 11.2. The zero-order chi connectivity index (χ0) is 13.9. The maximum atomic E-state index is 12.0. The highest BCUT2D eigenvalue weighted by atomic mass is 19.4. The van der Waals surface area contributed by atoms with Crippen LogP contribution in [0.2, 0.25) is 0 Å². The Morgan fingerprint density at radius 1 is 1.50 bits per heavy atom. The van der Waals surface area contributed by atoms with Crippen molar-refractivity contribution in [3.63, 3.8) is 0 Å². The summed E-state index contributed by atoms with van der Waals surface area (Å²) in [7, 11) is 1.02. The number of nitrogens with two attached hydrogens (primary N) is 1. The van der Waals surface area contributed by atoms with Crippen LogP contribution in [-0.2, 0) is 11.3 Å². The van der Waals surface area contributed by atoms with E-state index in [0.29, 0.717) is 6.07 Å². The zero-order valence-corrected chi connectivity index (χ0v) is 9.13. The average Bonchev–Trinajstić information content (AvgIpc) is 2.25. The third-order valence-electron chi connectivity index (χ3n) is 1.95. The molecule has 1 aromatic rings. The average molecular weight is 266 g/mol. The molecule has 0 saturated carbocycles. The highest BCUT2D eigenvalue weighted by molar-refractivity contribution is 5.91. The highest BCUT2D eigenvalue weighted by Gasteiger charge is 2.32. The van der Waals surface area contributed by atoms with Gasteiger partial charge in [-0.25, -0.2) is 4.79 Å². The SMILES string of the molecule is COC(=O)c1cc(OC(F)(F)F)[nH]c(=O)c1CN.